The highest BCUT2D eigenvalue weighted by atomic mass is 32.9. The average molecular weight is 436 g/mol. The zero-order valence-electron chi connectivity index (χ0n) is 15.0. The van der Waals surface area contributed by atoms with Crippen molar-refractivity contribution in [1.29, 1.82) is 0 Å². The summed E-state index contributed by atoms with van der Waals surface area (Å²) in [6.45, 7) is 7.81. The predicted octanol–water partition coefficient (Wildman–Crippen LogP) is 6.72. The predicted molar refractivity (Wildman–Crippen MR) is 98.1 cm³/mol. The molecular formula is C16H22F5O2PS2. The van der Waals surface area contributed by atoms with Crippen molar-refractivity contribution in [2.24, 2.45) is 5.92 Å². The Balaban J connectivity index is 2.95. The lowest BCUT2D eigenvalue weighted by Gasteiger charge is -2.24. The summed E-state index contributed by atoms with van der Waals surface area (Å²) in [6, 6.07) is 0. The second-order valence-corrected chi connectivity index (χ2v) is 12.3. The van der Waals surface area contributed by atoms with Gasteiger partial charge in [-0.2, -0.15) is 0 Å². The van der Waals surface area contributed by atoms with Crippen LogP contribution in [0, 0.1) is 35.0 Å². The standard InChI is InChI=1S/C16H22F5O2PS2/c1-5-10(4)6-7-22-24(25,23-9(2)3)26-8-11-12(17)14(19)16(21)15(20)13(11)18/h9-10H,5-8H2,1-4H3. The third kappa shape index (κ3) is 6.44. The van der Waals surface area contributed by atoms with E-state index in [1.807, 2.05) is 13.8 Å². The Kier molecular flexibility index (Phi) is 9.50. The molecule has 10 heteroatoms. The van der Waals surface area contributed by atoms with Crippen molar-refractivity contribution in [3.63, 3.8) is 0 Å². The second kappa shape index (κ2) is 10.4. The highest BCUT2D eigenvalue weighted by molar-refractivity contribution is 8.67. The van der Waals surface area contributed by atoms with Gasteiger partial charge in [0.1, 0.15) is 0 Å². The molecule has 1 aromatic carbocycles. The molecule has 0 aliphatic carbocycles. The molecular weight excluding hydrogens is 414 g/mol. The van der Waals surface area contributed by atoms with Gasteiger partial charge in [0.2, 0.25) is 11.5 Å². The van der Waals surface area contributed by atoms with E-state index in [-0.39, 0.29) is 6.10 Å². The molecule has 0 fully saturated rings. The van der Waals surface area contributed by atoms with Crippen LogP contribution in [0.2, 0.25) is 0 Å². The van der Waals surface area contributed by atoms with Crippen molar-refractivity contribution in [3.05, 3.63) is 34.6 Å². The lowest BCUT2D eigenvalue weighted by Crippen LogP contribution is -2.08. The Morgan fingerprint density at radius 1 is 0.962 bits per heavy atom. The summed E-state index contributed by atoms with van der Waals surface area (Å²) >= 11 is 6.13. The first-order valence-electron chi connectivity index (χ1n) is 8.10. The summed E-state index contributed by atoms with van der Waals surface area (Å²) in [5.41, 5.74) is -3.94. The third-order valence-electron chi connectivity index (χ3n) is 3.56. The van der Waals surface area contributed by atoms with Gasteiger partial charge in [0, 0.05) is 11.3 Å². The third-order valence-corrected chi connectivity index (χ3v) is 8.91. The van der Waals surface area contributed by atoms with Gasteiger partial charge in [-0.25, -0.2) is 22.0 Å². The molecule has 2 nitrogen and oxygen atoms in total. The number of hydrogen-bond donors (Lipinski definition) is 0. The van der Waals surface area contributed by atoms with Crippen molar-refractivity contribution < 1.29 is 31.0 Å². The molecule has 0 bridgehead atoms. The first-order valence-corrected chi connectivity index (χ1v) is 12.3. The Bertz CT molecular complexity index is 644. The van der Waals surface area contributed by atoms with Crippen molar-refractivity contribution in [2.75, 3.05) is 6.61 Å². The molecule has 1 rings (SSSR count). The molecule has 0 saturated carbocycles. The monoisotopic (exact) mass is 436 g/mol. The fourth-order valence-corrected chi connectivity index (χ4v) is 6.65. The first-order chi connectivity index (χ1) is 12.0. The van der Waals surface area contributed by atoms with Crippen LogP contribution in [0.25, 0.3) is 0 Å². The summed E-state index contributed by atoms with van der Waals surface area (Å²) in [5, 5.41) is 0. The quantitative estimate of drug-likeness (QED) is 0.175. The number of hydrogen-bond acceptors (Lipinski definition) is 4. The van der Waals surface area contributed by atoms with Gasteiger partial charge >= 0.3 is 0 Å². The fraction of sp³-hybridized carbons (Fsp3) is 0.625. The summed E-state index contributed by atoms with van der Waals surface area (Å²) in [7, 11) is 0. The highest BCUT2D eigenvalue weighted by Crippen LogP contribution is 2.63. The Morgan fingerprint density at radius 2 is 1.46 bits per heavy atom. The van der Waals surface area contributed by atoms with Crippen LogP contribution in [0.3, 0.4) is 0 Å². The fourth-order valence-electron chi connectivity index (χ4n) is 1.85. The zero-order valence-corrected chi connectivity index (χ0v) is 17.5. The van der Waals surface area contributed by atoms with E-state index in [1.165, 1.54) is 0 Å². The van der Waals surface area contributed by atoms with Gasteiger partial charge in [0.25, 0.3) is 0 Å². The number of rotatable bonds is 10. The molecule has 0 saturated heterocycles. The van der Waals surface area contributed by atoms with Gasteiger partial charge < -0.3 is 9.05 Å². The molecule has 2 atom stereocenters. The van der Waals surface area contributed by atoms with Gasteiger partial charge in [0.05, 0.1) is 12.7 Å². The maximum Gasteiger partial charge on any atom is 0.247 e. The minimum atomic E-state index is -3.01. The van der Waals surface area contributed by atoms with Crippen LogP contribution in [0.15, 0.2) is 0 Å². The van der Waals surface area contributed by atoms with Gasteiger partial charge in [-0.3, -0.25) is 0 Å². The van der Waals surface area contributed by atoms with E-state index in [0.29, 0.717) is 12.5 Å². The van der Waals surface area contributed by atoms with E-state index >= 15 is 0 Å². The van der Waals surface area contributed by atoms with Crippen LogP contribution in [0.4, 0.5) is 22.0 Å². The normalized spacial score (nSPS) is 15.3. The molecule has 150 valence electrons. The molecule has 0 aromatic heterocycles. The largest absolute Gasteiger partial charge is 0.322 e. The van der Waals surface area contributed by atoms with Crippen molar-refractivity contribution in [3.8, 4) is 0 Å². The van der Waals surface area contributed by atoms with Crippen LogP contribution in [-0.4, -0.2) is 12.7 Å². The van der Waals surface area contributed by atoms with Crippen LogP contribution in [-0.2, 0) is 26.6 Å². The highest BCUT2D eigenvalue weighted by Gasteiger charge is 2.29. The molecule has 0 N–H and O–H groups in total. The molecule has 0 spiro atoms. The molecule has 2 unspecified atom stereocenters. The molecule has 0 heterocycles. The van der Waals surface area contributed by atoms with Gasteiger partial charge in [0.15, 0.2) is 23.3 Å². The summed E-state index contributed by atoms with van der Waals surface area (Å²) in [4.78, 5) is 0. The first kappa shape index (κ1) is 23.8. The lowest BCUT2D eigenvalue weighted by molar-refractivity contribution is 0.206. The smallest absolute Gasteiger partial charge is 0.247 e. The van der Waals surface area contributed by atoms with E-state index < -0.39 is 46.1 Å². The lowest BCUT2D eigenvalue weighted by atomic mass is 10.1. The molecule has 1 aromatic rings. The van der Waals surface area contributed by atoms with E-state index in [1.54, 1.807) is 13.8 Å². The van der Waals surface area contributed by atoms with Gasteiger partial charge in [-0.15, -0.1) is 0 Å². The minimum Gasteiger partial charge on any atom is -0.322 e. The maximum atomic E-state index is 13.8. The Hall–Kier alpha value is -0.210. The van der Waals surface area contributed by atoms with Gasteiger partial charge in [-0.1, -0.05) is 31.7 Å². The summed E-state index contributed by atoms with van der Waals surface area (Å²) in [6.07, 6.45) is 1.36. The topological polar surface area (TPSA) is 18.5 Å². The van der Waals surface area contributed by atoms with E-state index in [2.05, 4.69) is 0 Å². The summed E-state index contributed by atoms with van der Waals surface area (Å²) < 4.78 is 78.6. The molecule has 0 aliphatic heterocycles. The summed E-state index contributed by atoms with van der Waals surface area (Å²) in [5.74, 6) is -10.0. The van der Waals surface area contributed by atoms with Crippen LogP contribution < -0.4 is 0 Å². The molecule has 26 heavy (non-hydrogen) atoms. The van der Waals surface area contributed by atoms with E-state index in [4.69, 9.17) is 20.9 Å². The zero-order chi connectivity index (χ0) is 20.1. The molecule has 0 radical (unpaired) electrons. The van der Waals surface area contributed by atoms with Crippen molar-refractivity contribution in [2.45, 2.75) is 52.4 Å². The minimum absolute atomic E-state index is 0.295. The van der Waals surface area contributed by atoms with Gasteiger partial charge in [-0.05, 0) is 38.0 Å². The van der Waals surface area contributed by atoms with Crippen LogP contribution in [0.1, 0.15) is 46.1 Å². The number of benzene rings is 1. The maximum absolute atomic E-state index is 13.8. The van der Waals surface area contributed by atoms with Crippen molar-refractivity contribution >= 4 is 28.9 Å². The molecule has 0 amide bonds. The van der Waals surface area contributed by atoms with E-state index in [9.17, 15) is 22.0 Å². The Labute approximate surface area is 159 Å². The Morgan fingerprint density at radius 3 is 1.92 bits per heavy atom. The van der Waals surface area contributed by atoms with E-state index in [0.717, 1.165) is 24.2 Å². The SMILES string of the molecule is CCC(C)CCOP(=S)(OC(C)C)SCc1c(F)c(F)c(F)c(F)c1F. The van der Waals surface area contributed by atoms with Crippen LogP contribution >= 0.6 is 17.1 Å². The molecule has 0 aliphatic rings. The van der Waals surface area contributed by atoms with Crippen LogP contribution in [0.5, 0.6) is 0 Å². The second-order valence-electron chi connectivity index (χ2n) is 6.06. The number of halogens is 5. The average Bonchev–Trinajstić information content (AvgIpc) is 2.57. The van der Waals surface area contributed by atoms with Crippen molar-refractivity contribution in [1.82, 2.24) is 0 Å².